The van der Waals surface area contributed by atoms with E-state index in [1.165, 1.54) is 0 Å². The molecule has 0 aromatic heterocycles. The van der Waals surface area contributed by atoms with E-state index >= 15 is 0 Å². The first kappa shape index (κ1) is 10.0. The lowest BCUT2D eigenvalue weighted by Crippen LogP contribution is -2.37. The smallest absolute Gasteiger partial charge is 0.317 e. The molecule has 1 N–H and O–H groups in total. The van der Waals surface area contributed by atoms with Crippen molar-refractivity contribution in [3.05, 3.63) is 36.5 Å². The van der Waals surface area contributed by atoms with Gasteiger partial charge in [-0.2, -0.15) is 0 Å². The van der Waals surface area contributed by atoms with Crippen LogP contribution >= 0.6 is 0 Å². The van der Waals surface area contributed by atoms with Crippen molar-refractivity contribution in [1.82, 2.24) is 10.2 Å². The highest BCUT2D eigenvalue weighted by Gasteiger charge is 2.36. The molecule has 0 spiro atoms. The van der Waals surface area contributed by atoms with Crippen LogP contribution in [0.3, 0.4) is 0 Å². The second kappa shape index (κ2) is 3.93. The molecule has 2 amide bonds. The maximum Gasteiger partial charge on any atom is 0.317 e. The van der Waals surface area contributed by atoms with Gasteiger partial charge in [0.1, 0.15) is 0 Å². The fourth-order valence-corrected chi connectivity index (χ4v) is 2.03. The third kappa shape index (κ3) is 1.82. The summed E-state index contributed by atoms with van der Waals surface area (Å²) in [6, 6.07) is 0.427. The molecule has 1 heterocycles. The van der Waals surface area contributed by atoms with Gasteiger partial charge in [0.2, 0.25) is 0 Å². The maximum absolute atomic E-state index is 11.5. The Labute approximate surface area is 90.1 Å². The summed E-state index contributed by atoms with van der Waals surface area (Å²) in [6.45, 7) is 2.07. The summed E-state index contributed by atoms with van der Waals surface area (Å²) < 4.78 is 0. The number of carbonyl (C=O) groups is 1. The monoisotopic (exact) mass is 204 g/mol. The first-order valence-electron chi connectivity index (χ1n) is 5.25. The van der Waals surface area contributed by atoms with Crippen molar-refractivity contribution in [3.8, 4) is 0 Å². The summed E-state index contributed by atoms with van der Waals surface area (Å²) in [4.78, 5) is 13.2. The molecule has 0 saturated carbocycles. The number of allylic oxidation sites excluding steroid dienone is 4. The van der Waals surface area contributed by atoms with E-state index in [1.807, 2.05) is 31.4 Å². The molecule has 3 nitrogen and oxygen atoms in total. The number of nitrogens with one attached hydrogen (secondary N) is 1. The minimum atomic E-state index is 0.0199. The molecule has 0 aromatic rings. The fourth-order valence-electron chi connectivity index (χ4n) is 2.03. The largest absolute Gasteiger partial charge is 0.332 e. The van der Waals surface area contributed by atoms with Crippen molar-refractivity contribution in [3.63, 3.8) is 0 Å². The van der Waals surface area contributed by atoms with Crippen LogP contribution in [0.4, 0.5) is 4.79 Å². The fraction of sp³-hybridized carbons (Fsp3) is 0.417. The minimum Gasteiger partial charge on any atom is -0.332 e. The second-order valence-electron chi connectivity index (χ2n) is 4.06. The standard InChI is InChI=1S/C12H16N2O/c1-9-11(13-12(15)14(9)2)10-7-5-3-4-6-8-10/h3-11H,1-2H3,(H,13,15). The first-order chi connectivity index (χ1) is 7.20. The lowest BCUT2D eigenvalue weighted by Gasteiger charge is -2.22. The average molecular weight is 204 g/mol. The SMILES string of the molecule is CC1C(C2C=CC=CC=C2)NC(=O)N1C. The van der Waals surface area contributed by atoms with Gasteiger partial charge in [-0.25, -0.2) is 4.79 Å². The molecule has 0 radical (unpaired) electrons. The number of carbonyl (C=O) groups excluding carboxylic acids is 1. The van der Waals surface area contributed by atoms with Crippen molar-refractivity contribution in [2.45, 2.75) is 19.0 Å². The predicted octanol–water partition coefficient (Wildman–Crippen LogP) is 1.70. The Bertz CT molecular complexity index is 328. The molecule has 1 aliphatic carbocycles. The van der Waals surface area contributed by atoms with E-state index in [9.17, 15) is 4.79 Å². The zero-order chi connectivity index (χ0) is 10.8. The third-order valence-electron chi connectivity index (χ3n) is 3.16. The van der Waals surface area contributed by atoms with Gasteiger partial charge < -0.3 is 10.2 Å². The molecule has 0 bridgehead atoms. The molecular formula is C12H16N2O. The van der Waals surface area contributed by atoms with Crippen LogP contribution in [0.2, 0.25) is 0 Å². The molecule has 2 atom stereocenters. The van der Waals surface area contributed by atoms with Gasteiger partial charge in [0.05, 0.1) is 12.1 Å². The summed E-state index contributed by atoms with van der Waals surface area (Å²) in [5.41, 5.74) is 0. The van der Waals surface area contributed by atoms with E-state index in [1.54, 1.807) is 4.90 Å². The van der Waals surface area contributed by atoms with Crippen LogP contribution < -0.4 is 5.32 Å². The Morgan fingerprint density at radius 3 is 2.27 bits per heavy atom. The average Bonchev–Trinajstić information content (AvgIpc) is 2.51. The van der Waals surface area contributed by atoms with Gasteiger partial charge >= 0.3 is 6.03 Å². The molecule has 0 aromatic carbocycles. The number of hydrogen-bond acceptors (Lipinski definition) is 1. The van der Waals surface area contributed by atoms with E-state index in [-0.39, 0.29) is 24.0 Å². The second-order valence-corrected chi connectivity index (χ2v) is 4.06. The zero-order valence-electron chi connectivity index (χ0n) is 9.05. The highest BCUT2D eigenvalue weighted by molar-refractivity contribution is 5.77. The predicted molar refractivity (Wildman–Crippen MR) is 60.5 cm³/mol. The maximum atomic E-state index is 11.5. The van der Waals surface area contributed by atoms with Gasteiger partial charge in [0, 0.05) is 13.0 Å². The van der Waals surface area contributed by atoms with E-state index in [4.69, 9.17) is 0 Å². The van der Waals surface area contributed by atoms with Gasteiger partial charge in [-0.15, -0.1) is 0 Å². The van der Waals surface area contributed by atoms with Gasteiger partial charge in [0.15, 0.2) is 0 Å². The number of urea groups is 1. The normalized spacial score (nSPS) is 30.8. The van der Waals surface area contributed by atoms with Crippen LogP contribution in [0.25, 0.3) is 0 Å². The molecule has 1 saturated heterocycles. The van der Waals surface area contributed by atoms with Gasteiger partial charge in [-0.1, -0.05) is 36.5 Å². The molecule has 15 heavy (non-hydrogen) atoms. The van der Waals surface area contributed by atoms with Crippen LogP contribution in [0, 0.1) is 5.92 Å². The minimum absolute atomic E-state index is 0.0199. The topological polar surface area (TPSA) is 32.3 Å². The van der Waals surface area contributed by atoms with Crippen LogP contribution in [0.1, 0.15) is 6.92 Å². The van der Waals surface area contributed by atoms with Crippen molar-refractivity contribution in [1.29, 1.82) is 0 Å². The highest BCUT2D eigenvalue weighted by Crippen LogP contribution is 2.21. The van der Waals surface area contributed by atoms with Crippen molar-refractivity contribution in [2.24, 2.45) is 5.92 Å². The quantitative estimate of drug-likeness (QED) is 0.692. The van der Waals surface area contributed by atoms with E-state index in [0.29, 0.717) is 0 Å². The molecule has 2 unspecified atom stereocenters. The Hall–Kier alpha value is -1.51. The van der Waals surface area contributed by atoms with Crippen LogP contribution in [0.5, 0.6) is 0 Å². The van der Waals surface area contributed by atoms with Gasteiger partial charge in [-0.3, -0.25) is 0 Å². The zero-order valence-corrected chi connectivity index (χ0v) is 9.05. The highest BCUT2D eigenvalue weighted by atomic mass is 16.2. The summed E-state index contributed by atoms with van der Waals surface area (Å²) in [5.74, 6) is 0.281. The van der Waals surface area contributed by atoms with Crippen molar-refractivity contribution < 1.29 is 4.79 Å². The van der Waals surface area contributed by atoms with Crippen LogP contribution in [0.15, 0.2) is 36.5 Å². The molecule has 2 rings (SSSR count). The molecule has 3 heteroatoms. The number of hydrogen-bond donors (Lipinski definition) is 1. The summed E-state index contributed by atoms with van der Waals surface area (Å²) >= 11 is 0. The Kier molecular flexibility index (Phi) is 2.62. The van der Waals surface area contributed by atoms with Gasteiger partial charge in [0.25, 0.3) is 0 Å². The van der Waals surface area contributed by atoms with E-state index < -0.39 is 0 Å². The number of likely N-dealkylation sites (N-methyl/N-ethyl adjacent to an activating group) is 1. The Balaban J connectivity index is 2.15. The molecular weight excluding hydrogens is 188 g/mol. The summed E-state index contributed by atoms with van der Waals surface area (Å²) in [5, 5.41) is 3.01. The number of nitrogens with zero attached hydrogens (tertiary/aromatic N) is 1. The molecule has 1 fully saturated rings. The van der Waals surface area contributed by atoms with Crippen LogP contribution in [-0.2, 0) is 0 Å². The first-order valence-corrected chi connectivity index (χ1v) is 5.25. The molecule has 1 aliphatic heterocycles. The van der Waals surface area contributed by atoms with E-state index in [2.05, 4.69) is 24.4 Å². The third-order valence-corrected chi connectivity index (χ3v) is 3.16. The number of rotatable bonds is 1. The van der Waals surface area contributed by atoms with Crippen LogP contribution in [-0.4, -0.2) is 30.1 Å². The lowest BCUT2D eigenvalue weighted by atomic mass is 9.94. The van der Waals surface area contributed by atoms with Crippen molar-refractivity contribution >= 4 is 6.03 Å². The Morgan fingerprint density at radius 1 is 1.20 bits per heavy atom. The summed E-state index contributed by atoms with van der Waals surface area (Å²) in [6.07, 6.45) is 12.3. The summed E-state index contributed by atoms with van der Waals surface area (Å²) in [7, 11) is 1.84. The lowest BCUT2D eigenvalue weighted by molar-refractivity contribution is 0.218. The Morgan fingerprint density at radius 2 is 1.80 bits per heavy atom. The molecule has 2 aliphatic rings. The number of amides is 2. The van der Waals surface area contributed by atoms with Gasteiger partial charge in [-0.05, 0) is 6.92 Å². The molecule has 80 valence electrons. The van der Waals surface area contributed by atoms with Crippen molar-refractivity contribution in [2.75, 3.05) is 7.05 Å². The van der Waals surface area contributed by atoms with E-state index in [0.717, 1.165) is 0 Å².